The standard InChI is InChI=1S/C32H14BF15N/c34-18-15(19(35)25(41)30(46)24(18)40)33(16-20(36)26(42)31(47)27(43)21(16)37,17-22(38)28(44)32(48)29(45)23(17)39)49(11-13-7-3-1-4-8-13)12-14-9-5-2-6-10-14/h1-10H,11-12H2/q-1. The molecular formula is C32H14BF15N-. The van der Waals surface area contributed by atoms with E-state index in [0.717, 1.165) is 24.3 Å². The molecule has 1 nitrogen and oxygen atoms in total. The Morgan fingerprint density at radius 1 is 0.306 bits per heavy atom. The van der Waals surface area contributed by atoms with Gasteiger partial charge in [-0.3, -0.25) is 0 Å². The van der Waals surface area contributed by atoms with Gasteiger partial charge in [-0.2, -0.15) is 0 Å². The van der Waals surface area contributed by atoms with Crippen molar-refractivity contribution in [2.45, 2.75) is 13.1 Å². The van der Waals surface area contributed by atoms with E-state index >= 15 is 52.7 Å². The maximum absolute atomic E-state index is 16.0. The second kappa shape index (κ2) is 13.2. The van der Waals surface area contributed by atoms with Crippen LogP contribution in [0, 0.1) is 87.3 Å². The molecule has 5 aromatic carbocycles. The zero-order valence-corrected chi connectivity index (χ0v) is 23.9. The van der Waals surface area contributed by atoms with Crippen molar-refractivity contribution in [3.8, 4) is 0 Å². The molecule has 0 aliphatic carbocycles. The summed E-state index contributed by atoms with van der Waals surface area (Å²) in [7, 11) is 0. The van der Waals surface area contributed by atoms with Gasteiger partial charge < -0.3 is 4.81 Å². The maximum Gasteiger partial charge on any atom is 0.200 e. The molecule has 0 aliphatic heterocycles. The number of hydrogen-bond acceptors (Lipinski definition) is 1. The SMILES string of the molecule is Fc1c(F)c(F)c([B-](c2c(F)c(F)c(F)c(F)c2F)(c2c(F)c(F)c(F)c(F)c2F)N(Cc2ccccc2)Cc2ccccc2)c(F)c1F. The van der Waals surface area contributed by atoms with E-state index < -0.39 is 123 Å². The number of hydrogen-bond donors (Lipinski definition) is 0. The quantitative estimate of drug-likeness (QED) is 0.0702. The minimum atomic E-state index is -5.92. The largest absolute Gasteiger partial charge is 0.455 e. The van der Waals surface area contributed by atoms with Gasteiger partial charge in [0.25, 0.3) is 0 Å². The lowest BCUT2D eigenvalue weighted by Gasteiger charge is -2.53. The van der Waals surface area contributed by atoms with E-state index in [4.69, 9.17) is 0 Å². The average molecular weight is 708 g/mol. The van der Waals surface area contributed by atoms with Gasteiger partial charge in [-0.25, -0.2) is 65.9 Å². The Kier molecular flexibility index (Phi) is 9.51. The minimum Gasteiger partial charge on any atom is -0.455 e. The highest BCUT2D eigenvalue weighted by Gasteiger charge is 2.51. The summed E-state index contributed by atoms with van der Waals surface area (Å²) >= 11 is 0. The lowest BCUT2D eigenvalue weighted by molar-refractivity contribution is 0.367. The van der Waals surface area contributed by atoms with Crippen LogP contribution in [0.25, 0.3) is 0 Å². The average Bonchev–Trinajstić information content (AvgIpc) is 3.10. The second-order valence-electron chi connectivity index (χ2n) is 10.6. The van der Waals surface area contributed by atoms with Crippen LogP contribution in [0.15, 0.2) is 60.7 Å². The number of rotatable bonds is 8. The number of halogens is 15. The van der Waals surface area contributed by atoms with E-state index in [-0.39, 0.29) is 15.9 Å². The molecule has 0 aliphatic rings. The zero-order valence-electron chi connectivity index (χ0n) is 23.9. The molecule has 0 radical (unpaired) electrons. The summed E-state index contributed by atoms with van der Waals surface area (Å²) < 4.78 is 229. The Balaban J connectivity index is 2.20. The summed E-state index contributed by atoms with van der Waals surface area (Å²) in [6.07, 6.45) is -5.92. The van der Waals surface area contributed by atoms with Gasteiger partial charge in [-0.05, 0) is 24.2 Å². The Labute approximate surface area is 265 Å². The minimum absolute atomic E-state index is 0.111. The van der Waals surface area contributed by atoms with Gasteiger partial charge in [0.1, 0.15) is 34.9 Å². The van der Waals surface area contributed by atoms with Crippen LogP contribution in [0.5, 0.6) is 0 Å². The first-order valence-electron chi connectivity index (χ1n) is 13.6. The third-order valence-electron chi connectivity index (χ3n) is 7.99. The van der Waals surface area contributed by atoms with E-state index in [1.807, 2.05) is 0 Å². The van der Waals surface area contributed by atoms with Crippen molar-refractivity contribution in [1.82, 2.24) is 4.81 Å². The molecule has 49 heavy (non-hydrogen) atoms. The fraction of sp³-hybridized carbons (Fsp3) is 0.0625. The zero-order chi connectivity index (χ0) is 36.1. The number of nitrogens with zero attached hydrogens (tertiary/aromatic N) is 1. The van der Waals surface area contributed by atoms with Gasteiger partial charge >= 0.3 is 0 Å². The van der Waals surface area contributed by atoms with Crippen molar-refractivity contribution in [1.29, 1.82) is 0 Å². The highest BCUT2D eigenvalue weighted by molar-refractivity contribution is 7.09. The molecule has 0 N–H and O–H groups in total. The normalized spacial score (nSPS) is 11.9. The molecule has 0 atom stereocenters. The molecule has 256 valence electrons. The van der Waals surface area contributed by atoms with Crippen molar-refractivity contribution < 1.29 is 65.9 Å². The van der Waals surface area contributed by atoms with Gasteiger partial charge in [0.05, 0.1) is 0 Å². The van der Waals surface area contributed by atoms with Crippen LogP contribution in [0.4, 0.5) is 65.9 Å². The van der Waals surface area contributed by atoms with Crippen LogP contribution in [-0.2, 0) is 13.1 Å². The molecule has 0 saturated heterocycles. The fourth-order valence-corrected chi connectivity index (χ4v) is 5.91. The molecule has 0 aromatic heterocycles. The molecule has 0 bridgehead atoms. The summed E-state index contributed by atoms with van der Waals surface area (Å²) in [5.74, 6) is -45.6. The topological polar surface area (TPSA) is 3.24 Å². The molecule has 0 unspecified atom stereocenters. The van der Waals surface area contributed by atoms with E-state index in [9.17, 15) is 13.2 Å². The van der Waals surface area contributed by atoms with E-state index in [0.29, 0.717) is 0 Å². The van der Waals surface area contributed by atoms with E-state index in [1.165, 1.54) is 36.4 Å². The Bertz CT molecular complexity index is 1790. The summed E-state index contributed by atoms with van der Waals surface area (Å²) in [6.45, 7) is -2.37. The predicted octanol–water partition coefficient (Wildman–Crippen LogP) is 7.44. The summed E-state index contributed by atoms with van der Waals surface area (Å²) in [5, 5.41) is 0. The monoisotopic (exact) mass is 708 g/mol. The van der Waals surface area contributed by atoms with Crippen LogP contribution in [0.3, 0.4) is 0 Å². The third-order valence-corrected chi connectivity index (χ3v) is 7.99. The lowest BCUT2D eigenvalue weighted by Crippen LogP contribution is -2.81. The van der Waals surface area contributed by atoms with Crippen LogP contribution in [0.2, 0.25) is 0 Å². The summed E-state index contributed by atoms with van der Waals surface area (Å²) in [5.41, 5.74) is -8.42. The molecule has 0 fully saturated rings. The fourth-order valence-electron chi connectivity index (χ4n) is 5.91. The first kappa shape index (κ1) is 35.4. The first-order chi connectivity index (χ1) is 23.1. The Morgan fingerprint density at radius 2 is 0.510 bits per heavy atom. The molecule has 17 heteroatoms. The molecular weight excluding hydrogens is 694 g/mol. The van der Waals surface area contributed by atoms with Crippen molar-refractivity contribution in [2.24, 2.45) is 0 Å². The molecule has 0 amide bonds. The van der Waals surface area contributed by atoms with Crippen LogP contribution < -0.4 is 16.4 Å². The summed E-state index contributed by atoms with van der Waals surface area (Å²) in [6, 6.07) is 12.3. The first-order valence-corrected chi connectivity index (χ1v) is 13.6. The lowest BCUT2D eigenvalue weighted by atomic mass is 9.22. The predicted molar refractivity (Wildman–Crippen MR) is 145 cm³/mol. The van der Waals surface area contributed by atoms with Crippen molar-refractivity contribution in [2.75, 3.05) is 0 Å². The van der Waals surface area contributed by atoms with Gasteiger partial charge in [0, 0.05) is 0 Å². The Hall–Kier alpha value is -4.93. The van der Waals surface area contributed by atoms with E-state index in [1.54, 1.807) is 0 Å². The van der Waals surface area contributed by atoms with Gasteiger partial charge in [0.2, 0.25) is 0 Å². The molecule has 0 spiro atoms. The van der Waals surface area contributed by atoms with Gasteiger partial charge in [0.15, 0.2) is 58.6 Å². The van der Waals surface area contributed by atoms with Crippen LogP contribution >= 0.6 is 0 Å². The smallest absolute Gasteiger partial charge is 0.200 e. The molecule has 0 saturated carbocycles. The maximum atomic E-state index is 16.0. The van der Waals surface area contributed by atoms with Crippen LogP contribution in [-0.4, -0.2) is 11.1 Å². The van der Waals surface area contributed by atoms with E-state index in [2.05, 4.69) is 0 Å². The summed E-state index contributed by atoms with van der Waals surface area (Å²) in [4.78, 5) is 0.111. The van der Waals surface area contributed by atoms with Gasteiger partial charge in [-0.1, -0.05) is 60.7 Å². The Morgan fingerprint density at radius 3 is 0.735 bits per heavy atom. The molecule has 5 rings (SSSR count). The highest BCUT2D eigenvalue weighted by atomic mass is 19.2. The number of benzene rings is 5. The van der Waals surface area contributed by atoms with Crippen LogP contribution in [0.1, 0.15) is 11.1 Å². The third kappa shape index (κ3) is 5.49. The van der Waals surface area contributed by atoms with Crippen molar-refractivity contribution in [3.63, 3.8) is 0 Å². The molecule has 0 heterocycles. The van der Waals surface area contributed by atoms with Crippen molar-refractivity contribution in [3.05, 3.63) is 159 Å². The van der Waals surface area contributed by atoms with Crippen molar-refractivity contribution >= 4 is 22.7 Å². The molecule has 5 aromatic rings. The second-order valence-corrected chi connectivity index (χ2v) is 10.6. The highest BCUT2D eigenvalue weighted by Crippen LogP contribution is 2.31. The van der Waals surface area contributed by atoms with Gasteiger partial charge in [-0.15, -0.1) is 16.4 Å².